The lowest BCUT2D eigenvalue weighted by atomic mass is 10.0. The van der Waals surface area contributed by atoms with Crippen LogP contribution in [0.5, 0.6) is 5.88 Å². The van der Waals surface area contributed by atoms with E-state index < -0.39 is 17.4 Å². The summed E-state index contributed by atoms with van der Waals surface area (Å²) >= 11 is 6.06. The fourth-order valence-corrected chi connectivity index (χ4v) is 1.71. The second kappa shape index (κ2) is 6.96. The molecule has 122 valence electrons. The number of carboxylic acid groups (broad SMARTS) is 1. The van der Waals surface area contributed by atoms with Gasteiger partial charge in [0, 0.05) is 13.2 Å². The number of halogens is 1. The molecule has 0 aliphatic carbocycles. The van der Waals surface area contributed by atoms with Gasteiger partial charge in [-0.2, -0.15) is 0 Å². The Labute approximate surface area is 135 Å². The number of aromatic nitrogens is 1. The number of carbonyl (C=O) groups is 2. The Balaban J connectivity index is 2.96. The van der Waals surface area contributed by atoms with Crippen LogP contribution in [0, 0.1) is 5.92 Å². The van der Waals surface area contributed by atoms with Gasteiger partial charge in [-0.25, -0.2) is 9.78 Å². The molecule has 0 atom stereocenters. The van der Waals surface area contributed by atoms with E-state index >= 15 is 0 Å². The average molecular weight is 329 g/mol. The van der Waals surface area contributed by atoms with Crippen molar-refractivity contribution in [2.24, 2.45) is 5.92 Å². The summed E-state index contributed by atoms with van der Waals surface area (Å²) in [6, 6.07) is 1.43. The Kier molecular flexibility index (Phi) is 5.77. The monoisotopic (exact) mass is 328 g/mol. The van der Waals surface area contributed by atoms with Crippen LogP contribution in [-0.4, -0.2) is 46.1 Å². The highest BCUT2D eigenvalue weighted by Gasteiger charge is 2.35. The topological polar surface area (TPSA) is 79.7 Å². The summed E-state index contributed by atoms with van der Waals surface area (Å²) in [5, 5.41) is 9.39. The van der Waals surface area contributed by atoms with Gasteiger partial charge in [0.15, 0.2) is 0 Å². The van der Waals surface area contributed by atoms with E-state index in [4.69, 9.17) is 16.3 Å². The van der Waals surface area contributed by atoms with Gasteiger partial charge < -0.3 is 14.7 Å². The van der Waals surface area contributed by atoms with Crippen molar-refractivity contribution < 1.29 is 19.4 Å². The van der Waals surface area contributed by atoms with Crippen molar-refractivity contribution in [3.63, 3.8) is 0 Å². The van der Waals surface area contributed by atoms with Crippen molar-refractivity contribution in [1.29, 1.82) is 0 Å². The van der Waals surface area contributed by atoms with E-state index in [0.29, 0.717) is 12.5 Å². The summed E-state index contributed by atoms with van der Waals surface area (Å²) in [6.07, 6.45) is 1.33. The van der Waals surface area contributed by atoms with E-state index in [-0.39, 0.29) is 16.5 Å². The second-order valence-corrected chi connectivity index (χ2v) is 6.35. The summed E-state index contributed by atoms with van der Waals surface area (Å²) in [4.78, 5) is 28.7. The molecule has 0 unspecified atom stereocenters. The molecule has 1 heterocycles. The highest BCUT2D eigenvalue weighted by atomic mass is 35.5. The third kappa shape index (κ3) is 4.10. The quantitative estimate of drug-likeness (QED) is 0.868. The standard InChI is InChI=1S/C15H21ClN2O4/c1-9(2)8-22-12-11(16)6-10(7-17-12)13(19)18(5)15(3,4)14(20)21/h6-7,9H,8H2,1-5H3,(H,20,21). The van der Waals surface area contributed by atoms with E-state index in [2.05, 4.69) is 4.98 Å². The minimum Gasteiger partial charge on any atom is -0.480 e. The Morgan fingerprint density at radius 1 is 1.45 bits per heavy atom. The fraction of sp³-hybridized carbons (Fsp3) is 0.533. The highest BCUT2D eigenvalue weighted by molar-refractivity contribution is 6.32. The number of nitrogens with zero attached hydrogens (tertiary/aromatic N) is 2. The van der Waals surface area contributed by atoms with Crippen LogP contribution in [0.3, 0.4) is 0 Å². The first-order valence-corrected chi connectivity index (χ1v) is 7.25. The Bertz CT molecular complexity index is 573. The van der Waals surface area contributed by atoms with Gasteiger partial charge in [0.05, 0.1) is 12.2 Å². The molecule has 0 aromatic carbocycles. The molecule has 0 bridgehead atoms. The van der Waals surface area contributed by atoms with Crippen molar-refractivity contribution in [2.45, 2.75) is 33.2 Å². The number of carboxylic acids is 1. The van der Waals surface area contributed by atoms with Gasteiger partial charge >= 0.3 is 5.97 Å². The third-order valence-corrected chi connectivity index (χ3v) is 3.55. The van der Waals surface area contributed by atoms with Gasteiger partial charge in [0.25, 0.3) is 5.91 Å². The fourth-order valence-electron chi connectivity index (χ4n) is 1.49. The molecule has 0 aliphatic rings. The number of rotatable bonds is 6. The zero-order valence-electron chi connectivity index (χ0n) is 13.4. The minimum absolute atomic E-state index is 0.207. The van der Waals surface area contributed by atoms with Crippen molar-refractivity contribution in [2.75, 3.05) is 13.7 Å². The van der Waals surface area contributed by atoms with Crippen molar-refractivity contribution in [3.8, 4) is 5.88 Å². The maximum Gasteiger partial charge on any atom is 0.329 e. The van der Waals surface area contributed by atoms with E-state index in [1.54, 1.807) is 0 Å². The molecule has 7 heteroatoms. The lowest BCUT2D eigenvalue weighted by molar-refractivity contribution is -0.147. The average Bonchev–Trinajstić information content (AvgIpc) is 2.43. The normalized spacial score (nSPS) is 11.4. The molecule has 1 N–H and O–H groups in total. The first-order chi connectivity index (χ1) is 10.1. The molecule has 22 heavy (non-hydrogen) atoms. The number of carbonyl (C=O) groups excluding carboxylic acids is 1. The molecule has 0 saturated carbocycles. The number of hydrogen-bond acceptors (Lipinski definition) is 4. The van der Waals surface area contributed by atoms with Crippen molar-refractivity contribution in [1.82, 2.24) is 9.88 Å². The minimum atomic E-state index is -1.34. The van der Waals surface area contributed by atoms with Crippen LogP contribution >= 0.6 is 11.6 Å². The van der Waals surface area contributed by atoms with E-state index in [1.165, 1.54) is 33.2 Å². The summed E-state index contributed by atoms with van der Waals surface area (Å²) in [5.74, 6) is -0.995. The number of pyridine rings is 1. The number of ether oxygens (including phenoxy) is 1. The molecule has 0 radical (unpaired) electrons. The molecule has 0 fully saturated rings. The smallest absolute Gasteiger partial charge is 0.329 e. The van der Waals surface area contributed by atoms with Gasteiger partial charge in [-0.15, -0.1) is 0 Å². The predicted molar refractivity (Wildman–Crippen MR) is 83.4 cm³/mol. The lowest BCUT2D eigenvalue weighted by Gasteiger charge is -2.31. The summed E-state index contributed by atoms with van der Waals surface area (Å²) in [6.45, 7) is 7.35. The summed E-state index contributed by atoms with van der Waals surface area (Å²) in [7, 11) is 1.42. The molecule has 0 aliphatic heterocycles. The van der Waals surface area contributed by atoms with Crippen LogP contribution < -0.4 is 4.74 Å². The molecule has 0 spiro atoms. The van der Waals surface area contributed by atoms with Gasteiger partial charge in [0.1, 0.15) is 10.6 Å². The molecule has 0 saturated heterocycles. The molecule has 1 rings (SSSR count). The molecular weight excluding hydrogens is 308 g/mol. The number of aliphatic carboxylic acids is 1. The predicted octanol–water partition coefficient (Wildman–Crippen LogP) is 2.71. The number of hydrogen-bond donors (Lipinski definition) is 1. The van der Waals surface area contributed by atoms with Crippen LogP contribution in [0.4, 0.5) is 0 Å². The SMILES string of the molecule is CC(C)COc1ncc(C(=O)N(C)C(C)(C)C(=O)O)cc1Cl. The lowest BCUT2D eigenvalue weighted by Crippen LogP contribution is -2.50. The van der Waals surface area contributed by atoms with E-state index in [9.17, 15) is 14.7 Å². The van der Waals surface area contributed by atoms with Gasteiger partial charge in [-0.1, -0.05) is 25.4 Å². The van der Waals surface area contributed by atoms with Crippen LogP contribution in [0.1, 0.15) is 38.1 Å². The first-order valence-electron chi connectivity index (χ1n) is 6.87. The maximum absolute atomic E-state index is 12.3. The third-order valence-electron chi connectivity index (χ3n) is 3.27. The van der Waals surface area contributed by atoms with Crippen LogP contribution in [0.15, 0.2) is 12.3 Å². The zero-order valence-corrected chi connectivity index (χ0v) is 14.1. The molecule has 1 aromatic rings. The molecule has 1 amide bonds. The molecule has 6 nitrogen and oxygen atoms in total. The summed E-state index contributed by atoms with van der Waals surface area (Å²) < 4.78 is 5.44. The van der Waals surface area contributed by atoms with Gasteiger partial charge in [-0.3, -0.25) is 4.79 Å². The highest BCUT2D eigenvalue weighted by Crippen LogP contribution is 2.24. The Morgan fingerprint density at radius 3 is 2.50 bits per heavy atom. The van der Waals surface area contributed by atoms with Crippen molar-refractivity contribution in [3.05, 3.63) is 22.8 Å². The Morgan fingerprint density at radius 2 is 2.05 bits per heavy atom. The zero-order chi connectivity index (χ0) is 17.1. The van der Waals surface area contributed by atoms with Crippen LogP contribution in [0.2, 0.25) is 5.02 Å². The summed E-state index contributed by atoms with van der Waals surface area (Å²) in [5.41, 5.74) is -1.13. The number of amides is 1. The van der Waals surface area contributed by atoms with E-state index in [1.807, 2.05) is 13.8 Å². The van der Waals surface area contributed by atoms with Crippen LogP contribution in [-0.2, 0) is 4.79 Å². The molecular formula is C15H21ClN2O4. The second-order valence-electron chi connectivity index (χ2n) is 5.94. The van der Waals surface area contributed by atoms with Crippen molar-refractivity contribution >= 4 is 23.5 Å². The van der Waals surface area contributed by atoms with E-state index in [0.717, 1.165) is 4.90 Å². The largest absolute Gasteiger partial charge is 0.480 e. The van der Waals surface area contributed by atoms with Crippen LogP contribution in [0.25, 0.3) is 0 Å². The Hall–Kier alpha value is -1.82. The number of likely N-dealkylation sites (N-methyl/N-ethyl adjacent to an activating group) is 1. The molecule has 1 aromatic heterocycles. The van der Waals surface area contributed by atoms with Gasteiger partial charge in [0.2, 0.25) is 5.88 Å². The maximum atomic E-state index is 12.3. The first kappa shape index (κ1) is 18.2. The van der Waals surface area contributed by atoms with Gasteiger partial charge in [-0.05, 0) is 25.8 Å².